The lowest BCUT2D eigenvalue weighted by Gasteiger charge is -2.20. The van der Waals surface area contributed by atoms with Crippen molar-refractivity contribution in [2.75, 3.05) is 23.7 Å². The van der Waals surface area contributed by atoms with Gasteiger partial charge in [0.25, 0.3) is 0 Å². The molecule has 88 valence electrons. The van der Waals surface area contributed by atoms with Crippen LogP contribution in [0.5, 0.6) is 0 Å². The first kappa shape index (κ1) is 11.2. The second-order valence-electron chi connectivity index (χ2n) is 4.42. The van der Waals surface area contributed by atoms with Crippen molar-refractivity contribution in [2.24, 2.45) is 0 Å². The molecular weight excluding hydrogens is 200 g/mol. The molecule has 4 nitrogen and oxygen atoms in total. The molecule has 0 aromatic carbocycles. The summed E-state index contributed by atoms with van der Waals surface area (Å²) in [6.45, 7) is 6.35. The van der Waals surface area contributed by atoms with Gasteiger partial charge in [-0.2, -0.15) is 0 Å². The normalized spacial score (nSPS) is 15.8. The van der Waals surface area contributed by atoms with E-state index in [2.05, 4.69) is 21.8 Å². The lowest BCUT2D eigenvalue weighted by molar-refractivity contribution is 0.815. The summed E-state index contributed by atoms with van der Waals surface area (Å²) >= 11 is 0. The molecule has 0 spiro atoms. The lowest BCUT2D eigenvalue weighted by Crippen LogP contribution is -2.22. The van der Waals surface area contributed by atoms with Crippen LogP contribution in [0.3, 0.4) is 0 Å². The summed E-state index contributed by atoms with van der Waals surface area (Å²) in [5.74, 6) is 2.57. The highest BCUT2D eigenvalue weighted by Crippen LogP contribution is 2.25. The summed E-state index contributed by atoms with van der Waals surface area (Å²) in [6.07, 6.45) is 4.48. The Balaban J connectivity index is 2.33. The summed E-state index contributed by atoms with van der Waals surface area (Å²) in [5.41, 5.74) is 6.97. The van der Waals surface area contributed by atoms with Gasteiger partial charge in [0.15, 0.2) is 0 Å². The molecule has 0 radical (unpaired) electrons. The molecule has 0 bridgehead atoms. The quantitative estimate of drug-likeness (QED) is 0.845. The van der Waals surface area contributed by atoms with Gasteiger partial charge in [0.2, 0.25) is 0 Å². The van der Waals surface area contributed by atoms with E-state index < -0.39 is 0 Å². The van der Waals surface area contributed by atoms with E-state index in [1.54, 1.807) is 0 Å². The molecule has 4 heteroatoms. The van der Waals surface area contributed by atoms with Crippen molar-refractivity contribution in [3.05, 3.63) is 11.4 Å². The second kappa shape index (κ2) is 4.68. The van der Waals surface area contributed by atoms with Gasteiger partial charge in [-0.15, -0.1) is 0 Å². The van der Waals surface area contributed by atoms with Crippen molar-refractivity contribution in [1.29, 1.82) is 0 Å². The zero-order valence-corrected chi connectivity index (χ0v) is 10.2. The number of hydrogen-bond donors (Lipinski definition) is 1. The Morgan fingerprint density at radius 1 is 1.25 bits per heavy atom. The molecule has 1 fully saturated rings. The molecule has 2 heterocycles. The molecule has 1 aromatic heterocycles. The molecule has 0 amide bonds. The Morgan fingerprint density at radius 3 is 2.56 bits per heavy atom. The van der Waals surface area contributed by atoms with Crippen LogP contribution < -0.4 is 10.6 Å². The molecule has 0 aliphatic carbocycles. The molecule has 1 saturated heterocycles. The van der Waals surface area contributed by atoms with Gasteiger partial charge in [0.1, 0.15) is 17.5 Å². The third kappa shape index (κ3) is 2.10. The van der Waals surface area contributed by atoms with Crippen molar-refractivity contribution >= 4 is 11.6 Å². The predicted octanol–water partition coefficient (Wildman–Crippen LogP) is 1.92. The highest BCUT2D eigenvalue weighted by atomic mass is 15.2. The van der Waals surface area contributed by atoms with Crippen molar-refractivity contribution in [1.82, 2.24) is 9.97 Å². The Bertz CT molecular complexity index is 370. The third-order valence-electron chi connectivity index (χ3n) is 3.08. The van der Waals surface area contributed by atoms with E-state index >= 15 is 0 Å². The first-order chi connectivity index (χ1) is 7.72. The lowest BCUT2D eigenvalue weighted by atomic mass is 10.2. The summed E-state index contributed by atoms with van der Waals surface area (Å²) < 4.78 is 0. The molecule has 2 rings (SSSR count). The van der Waals surface area contributed by atoms with Crippen LogP contribution >= 0.6 is 0 Å². The van der Waals surface area contributed by atoms with E-state index in [1.807, 2.05) is 6.92 Å². The maximum Gasteiger partial charge on any atom is 0.137 e. The van der Waals surface area contributed by atoms with Crippen molar-refractivity contribution in [2.45, 2.75) is 39.5 Å². The van der Waals surface area contributed by atoms with Crippen molar-refractivity contribution < 1.29 is 0 Å². The van der Waals surface area contributed by atoms with Gasteiger partial charge in [-0.3, -0.25) is 0 Å². The van der Waals surface area contributed by atoms with Crippen LogP contribution in [0.1, 0.15) is 37.6 Å². The number of anilines is 2. The first-order valence-corrected chi connectivity index (χ1v) is 6.10. The monoisotopic (exact) mass is 220 g/mol. The average Bonchev–Trinajstić information content (AvgIpc) is 2.76. The SMILES string of the molecule is CCCc1nc(N)c(C)c(N2CCCC2)n1. The zero-order valence-electron chi connectivity index (χ0n) is 10.2. The van der Waals surface area contributed by atoms with E-state index in [-0.39, 0.29) is 0 Å². The number of rotatable bonds is 3. The summed E-state index contributed by atoms with van der Waals surface area (Å²) in [7, 11) is 0. The number of aryl methyl sites for hydroxylation is 1. The molecule has 0 saturated carbocycles. The number of nitrogens with zero attached hydrogens (tertiary/aromatic N) is 3. The highest BCUT2D eigenvalue weighted by Gasteiger charge is 2.18. The Hall–Kier alpha value is -1.32. The van der Waals surface area contributed by atoms with E-state index in [0.717, 1.165) is 43.1 Å². The Kier molecular flexibility index (Phi) is 3.27. The van der Waals surface area contributed by atoms with Crippen LogP contribution in [0, 0.1) is 6.92 Å². The summed E-state index contributed by atoms with van der Waals surface area (Å²) in [5, 5.41) is 0. The Morgan fingerprint density at radius 2 is 1.94 bits per heavy atom. The first-order valence-electron chi connectivity index (χ1n) is 6.10. The molecule has 1 aromatic rings. The minimum atomic E-state index is 0.639. The molecule has 1 aliphatic heterocycles. The van der Waals surface area contributed by atoms with E-state index in [9.17, 15) is 0 Å². The fourth-order valence-electron chi connectivity index (χ4n) is 2.14. The van der Waals surface area contributed by atoms with Crippen LogP contribution in [0.4, 0.5) is 11.6 Å². The van der Waals surface area contributed by atoms with Gasteiger partial charge in [0.05, 0.1) is 0 Å². The second-order valence-corrected chi connectivity index (χ2v) is 4.42. The largest absolute Gasteiger partial charge is 0.383 e. The van der Waals surface area contributed by atoms with E-state index in [1.165, 1.54) is 12.8 Å². The highest BCUT2D eigenvalue weighted by molar-refractivity contribution is 5.56. The maximum absolute atomic E-state index is 5.94. The van der Waals surface area contributed by atoms with Gasteiger partial charge in [-0.25, -0.2) is 9.97 Å². The van der Waals surface area contributed by atoms with Gasteiger partial charge in [0, 0.05) is 25.1 Å². The van der Waals surface area contributed by atoms with E-state index in [4.69, 9.17) is 5.73 Å². The third-order valence-corrected chi connectivity index (χ3v) is 3.08. The van der Waals surface area contributed by atoms with Crippen LogP contribution in [0.2, 0.25) is 0 Å². The van der Waals surface area contributed by atoms with Crippen LogP contribution in [-0.4, -0.2) is 23.1 Å². The van der Waals surface area contributed by atoms with Gasteiger partial charge in [-0.1, -0.05) is 6.92 Å². The number of nitrogens with two attached hydrogens (primary N) is 1. The average molecular weight is 220 g/mol. The molecule has 0 unspecified atom stereocenters. The van der Waals surface area contributed by atoms with E-state index in [0.29, 0.717) is 5.82 Å². The molecular formula is C12H20N4. The van der Waals surface area contributed by atoms with Crippen LogP contribution in [0.25, 0.3) is 0 Å². The number of aromatic nitrogens is 2. The predicted molar refractivity (Wildman–Crippen MR) is 66.6 cm³/mol. The van der Waals surface area contributed by atoms with Gasteiger partial charge in [-0.05, 0) is 26.2 Å². The number of nitrogen functional groups attached to an aromatic ring is 1. The van der Waals surface area contributed by atoms with Gasteiger partial charge < -0.3 is 10.6 Å². The van der Waals surface area contributed by atoms with Crippen LogP contribution in [-0.2, 0) is 6.42 Å². The molecule has 0 atom stereocenters. The fraction of sp³-hybridized carbons (Fsp3) is 0.667. The van der Waals surface area contributed by atoms with Gasteiger partial charge >= 0.3 is 0 Å². The molecule has 1 aliphatic rings. The van der Waals surface area contributed by atoms with Crippen molar-refractivity contribution in [3.63, 3.8) is 0 Å². The van der Waals surface area contributed by atoms with Crippen molar-refractivity contribution in [3.8, 4) is 0 Å². The number of hydrogen-bond acceptors (Lipinski definition) is 4. The Labute approximate surface area is 96.9 Å². The minimum absolute atomic E-state index is 0.639. The zero-order chi connectivity index (χ0) is 11.5. The topological polar surface area (TPSA) is 55.0 Å². The maximum atomic E-state index is 5.94. The summed E-state index contributed by atoms with van der Waals surface area (Å²) in [6, 6.07) is 0. The standard InChI is InChI=1S/C12H20N4/c1-3-6-10-14-11(13)9(2)12(15-10)16-7-4-5-8-16/h3-8H2,1-2H3,(H2,13,14,15). The minimum Gasteiger partial charge on any atom is -0.383 e. The molecule has 16 heavy (non-hydrogen) atoms. The summed E-state index contributed by atoms with van der Waals surface area (Å²) in [4.78, 5) is 11.3. The molecule has 2 N–H and O–H groups in total. The smallest absolute Gasteiger partial charge is 0.137 e. The van der Waals surface area contributed by atoms with Crippen LogP contribution in [0.15, 0.2) is 0 Å². The fourth-order valence-corrected chi connectivity index (χ4v) is 2.14.